The van der Waals surface area contributed by atoms with E-state index in [4.69, 9.17) is 0 Å². The summed E-state index contributed by atoms with van der Waals surface area (Å²) in [6.07, 6.45) is 0. The Morgan fingerprint density at radius 1 is 0.952 bits per heavy atom. The van der Waals surface area contributed by atoms with E-state index in [1.54, 1.807) is 11.3 Å². The van der Waals surface area contributed by atoms with Gasteiger partial charge in [-0.1, -0.05) is 29.8 Å². The summed E-state index contributed by atoms with van der Waals surface area (Å²) in [5.41, 5.74) is 5.30. The van der Waals surface area contributed by atoms with Gasteiger partial charge in [-0.15, -0.1) is 11.3 Å². The highest BCUT2D eigenvalue weighted by molar-refractivity contribution is 7.13. The predicted molar refractivity (Wildman–Crippen MR) is 93.2 cm³/mol. The van der Waals surface area contributed by atoms with Crippen LogP contribution < -0.4 is 0 Å². The van der Waals surface area contributed by atoms with Crippen molar-refractivity contribution in [2.45, 2.75) is 20.4 Å². The van der Waals surface area contributed by atoms with Gasteiger partial charge in [-0.2, -0.15) is 0 Å². The Balaban J connectivity index is 2.09. The number of nitrogens with zero attached hydrogens (tertiary/aromatic N) is 1. The first-order valence-electron chi connectivity index (χ1n) is 7.34. The maximum atomic E-state index is 2.42. The molecule has 4 rings (SSSR count). The van der Waals surface area contributed by atoms with Crippen LogP contribution in [0, 0.1) is 6.92 Å². The molecule has 0 aliphatic carbocycles. The minimum atomic E-state index is 0.997. The summed E-state index contributed by atoms with van der Waals surface area (Å²) in [5.74, 6) is 0. The first-order valence-corrected chi connectivity index (χ1v) is 8.22. The van der Waals surface area contributed by atoms with Gasteiger partial charge in [0.05, 0.1) is 0 Å². The van der Waals surface area contributed by atoms with Crippen molar-refractivity contribution in [3.8, 4) is 10.4 Å². The largest absolute Gasteiger partial charge is 0.341 e. The third kappa shape index (κ3) is 1.90. The van der Waals surface area contributed by atoms with Gasteiger partial charge in [0, 0.05) is 33.2 Å². The van der Waals surface area contributed by atoms with Crippen LogP contribution in [0.15, 0.2) is 53.9 Å². The van der Waals surface area contributed by atoms with Crippen LogP contribution in [0.4, 0.5) is 0 Å². The van der Waals surface area contributed by atoms with E-state index < -0.39 is 0 Å². The molecule has 0 bridgehead atoms. The van der Waals surface area contributed by atoms with E-state index in [1.807, 2.05) is 0 Å². The molecule has 2 heteroatoms. The molecule has 0 aliphatic rings. The van der Waals surface area contributed by atoms with Crippen molar-refractivity contribution in [3.05, 3.63) is 59.5 Å². The number of thiophene rings is 1. The van der Waals surface area contributed by atoms with Crippen molar-refractivity contribution in [2.75, 3.05) is 0 Å². The van der Waals surface area contributed by atoms with E-state index in [0.717, 1.165) is 6.54 Å². The van der Waals surface area contributed by atoms with Gasteiger partial charge in [0.2, 0.25) is 0 Å². The summed E-state index contributed by atoms with van der Waals surface area (Å²) < 4.78 is 2.42. The fourth-order valence-electron chi connectivity index (χ4n) is 3.15. The maximum absolute atomic E-state index is 2.42. The summed E-state index contributed by atoms with van der Waals surface area (Å²) in [7, 11) is 0. The Morgan fingerprint density at radius 2 is 1.86 bits per heavy atom. The fraction of sp³-hybridized carbons (Fsp3) is 0.158. The van der Waals surface area contributed by atoms with Gasteiger partial charge in [0.25, 0.3) is 0 Å². The minimum absolute atomic E-state index is 0.997. The van der Waals surface area contributed by atoms with Crippen LogP contribution in [-0.4, -0.2) is 4.57 Å². The lowest BCUT2D eigenvalue weighted by Crippen LogP contribution is -1.92. The van der Waals surface area contributed by atoms with Gasteiger partial charge in [-0.25, -0.2) is 0 Å². The van der Waals surface area contributed by atoms with Crippen molar-refractivity contribution in [3.63, 3.8) is 0 Å². The average molecular weight is 291 g/mol. The van der Waals surface area contributed by atoms with Gasteiger partial charge in [-0.3, -0.25) is 0 Å². The molecule has 0 atom stereocenters. The van der Waals surface area contributed by atoms with Crippen LogP contribution in [0.5, 0.6) is 0 Å². The molecule has 2 aromatic carbocycles. The van der Waals surface area contributed by atoms with Crippen LogP contribution in [-0.2, 0) is 6.54 Å². The number of fused-ring (bicyclic) bond motifs is 3. The number of aryl methyl sites for hydroxylation is 2. The number of benzene rings is 2. The Kier molecular flexibility index (Phi) is 2.86. The second-order valence-electron chi connectivity index (χ2n) is 5.47. The Bertz CT molecular complexity index is 929. The molecule has 0 fully saturated rings. The molecule has 2 aromatic heterocycles. The Hall–Kier alpha value is -2.06. The van der Waals surface area contributed by atoms with E-state index in [0.29, 0.717) is 0 Å². The maximum Gasteiger partial charge on any atom is 0.0497 e. The topological polar surface area (TPSA) is 4.93 Å². The smallest absolute Gasteiger partial charge is 0.0497 e. The first-order chi connectivity index (χ1) is 10.3. The van der Waals surface area contributed by atoms with Crippen LogP contribution in [0.2, 0.25) is 0 Å². The molecule has 2 heterocycles. The van der Waals surface area contributed by atoms with Gasteiger partial charge < -0.3 is 4.57 Å². The fourth-order valence-corrected chi connectivity index (χ4v) is 3.87. The zero-order chi connectivity index (χ0) is 14.4. The van der Waals surface area contributed by atoms with Crippen molar-refractivity contribution in [1.29, 1.82) is 0 Å². The van der Waals surface area contributed by atoms with E-state index in [2.05, 4.69) is 72.3 Å². The molecular weight excluding hydrogens is 274 g/mol. The van der Waals surface area contributed by atoms with Crippen molar-refractivity contribution in [2.24, 2.45) is 0 Å². The quantitative estimate of drug-likeness (QED) is 0.436. The van der Waals surface area contributed by atoms with E-state index in [1.165, 1.54) is 37.8 Å². The lowest BCUT2D eigenvalue weighted by atomic mass is 10.1. The molecular formula is C19H17NS. The van der Waals surface area contributed by atoms with Crippen LogP contribution in [0.3, 0.4) is 0 Å². The van der Waals surface area contributed by atoms with Crippen molar-refractivity contribution >= 4 is 33.1 Å². The molecule has 0 saturated carbocycles. The van der Waals surface area contributed by atoms with Crippen molar-refractivity contribution in [1.82, 2.24) is 4.57 Å². The molecule has 21 heavy (non-hydrogen) atoms. The van der Waals surface area contributed by atoms with Gasteiger partial charge in [0.15, 0.2) is 0 Å². The summed E-state index contributed by atoms with van der Waals surface area (Å²) in [6.45, 7) is 5.38. The van der Waals surface area contributed by atoms with Crippen molar-refractivity contribution < 1.29 is 0 Å². The Morgan fingerprint density at radius 3 is 2.62 bits per heavy atom. The van der Waals surface area contributed by atoms with E-state index in [-0.39, 0.29) is 0 Å². The summed E-state index contributed by atoms with van der Waals surface area (Å²) in [6, 6.07) is 17.9. The standard InChI is InChI=1S/C19H17NS/c1-3-20-17-9-6-13(2)11-16(17)15-8-7-14(12-18(15)20)19-5-4-10-21-19/h4-12H,3H2,1-2H3. The summed E-state index contributed by atoms with van der Waals surface area (Å²) in [5, 5.41) is 4.86. The minimum Gasteiger partial charge on any atom is -0.341 e. The molecule has 0 aliphatic heterocycles. The molecule has 104 valence electrons. The van der Waals surface area contributed by atoms with E-state index >= 15 is 0 Å². The molecule has 0 amide bonds. The Labute approximate surface area is 128 Å². The summed E-state index contributed by atoms with van der Waals surface area (Å²) >= 11 is 1.80. The highest BCUT2D eigenvalue weighted by Gasteiger charge is 2.11. The first kappa shape index (κ1) is 12.7. The third-order valence-electron chi connectivity index (χ3n) is 4.14. The van der Waals surface area contributed by atoms with Crippen LogP contribution in [0.25, 0.3) is 32.2 Å². The van der Waals surface area contributed by atoms with Gasteiger partial charge >= 0.3 is 0 Å². The number of rotatable bonds is 2. The van der Waals surface area contributed by atoms with E-state index in [9.17, 15) is 0 Å². The number of hydrogen-bond acceptors (Lipinski definition) is 1. The third-order valence-corrected chi connectivity index (χ3v) is 5.06. The van der Waals surface area contributed by atoms with Crippen LogP contribution >= 0.6 is 11.3 Å². The highest BCUT2D eigenvalue weighted by Crippen LogP contribution is 2.34. The van der Waals surface area contributed by atoms with Gasteiger partial charge in [-0.05, 0) is 49.1 Å². The average Bonchev–Trinajstić information content (AvgIpc) is 3.12. The normalized spacial score (nSPS) is 11.5. The second kappa shape index (κ2) is 4.74. The SMILES string of the molecule is CCn1c2ccc(C)cc2c2ccc(-c3cccs3)cc21. The lowest BCUT2D eigenvalue weighted by molar-refractivity contribution is 0.827. The molecule has 0 spiro atoms. The molecule has 1 nitrogen and oxygen atoms in total. The predicted octanol–water partition coefficient (Wildman–Crippen LogP) is 5.85. The summed E-state index contributed by atoms with van der Waals surface area (Å²) in [4.78, 5) is 1.33. The molecule has 0 saturated heterocycles. The number of hydrogen-bond donors (Lipinski definition) is 0. The molecule has 4 aromatic rings. The highest BCUT2D eigenvalue weighted by atomic mass is 32.1. The van der Waals surface area contributed by atoms with Crippen LogP contribution in [0.1, 0.15) is 12.5 Å². The zero-order valence-electron chi connectivity index (χ0n) is 12.3. The zero-order valence-corrected chi connectivity index (χ0v) is 13.1. The molecule has 0 N–H and O–H groups in total. The lowest BCUT2D eigenvalue weighted by Gasteiger charge is -2.04. The van der Waals surface area contributed by atoms with Gasteiger partial charge in [0.1, 0.15) is 0 Å². The number of aromatic nitrogens is 1. The monoisotopic (exact) mass is 291 g/mol. The molecule has 0 unspecified atom stereocenters. The second-order valence-corrected chi connectivity index (χ2v) is 6.42. The molecule has 0 radical (unpaired) electrons.